The molecular weight excluding hydrogens is 230 g/mol. The first-order valence-corrected chi connectivity index (χ1v) is 6.60. The first-order chi connectivity index (χ1) is 8.88. The maximum atomic E-state index is 9.30. The second kappa shape index (κ2) is 5.16. The molecule has 1 aromatic carbocycles. The van der Waals surface area contributed by atoms with Crippen molar-refractivity contribution in [1.29, 1.82) is 0 Å². The van der Waals surface area contributed by atoms with E-state index in [9.17, 15) is 5.11 Å². The van der Waals surface area contributed by atoms with E-state index < -0.39 is 0 Å². The lowest BCUT2D eigenvalue weighted by Crippen LogP contribution is -2.33. The van der Waals surface area contributed by atoms with Gasteiger partial charge in [0.15, 0.2) is 11.5 Å². The fraction of sp³-hybridized carbons (Fsp3) is 0.571. The van der Waals surface area contributed by atoms with Crippen molar-refractivity contribution in [3.8, 4) is 11.5 Å². The molecule has 2 unspecified atom stereocenters. The van der Waals surface area contributed by atoms with Crippen LogP contribution in [0.1, 0.15) is 24.8 Å². The standard InChI is InChI=1S/C14H19NO3/c16-8-11-4-1-5-12(11)15-7-10-3-2-6-13-14(10)18-9-17-13/h2-3,6,11-12,15-16H,1,4-5,7-9H2. The number of hydrogen-bond acceptors (Lipinski definition) is 4. The van der Waals surface area contributed by atoms with Crippen molar-refractivity contribution in [2.24, 2.45) is 5.92 Å². The summed E-state index contributed by atoms with van der Waals surface area (Å²) in [5, 5.41) is 12.8. The van der Waals surface area contributed by atoms with Gasteiger partial charge in [0.1, 0.15) is 0 Å². The van der Waals surface area contributed by atoms with Crippen molar-refractivity contribution in [1.82, 2.24) is 5.32 Å². The molecular formula is C14H19NO3. The van der Waals surface area contributed by atoms with Crippen molar-refractivity contribution in [3.63, 3.8) is 0 Å². The number of rotatable bonds is 4. The van der Waals surface area contributed by atoms with Crippen LogP contribution in [0, 0.1) is 5.92 Å². The van der Waals surface area contributed by atoms with Crippen LogP contribution in [-0.4, -0.2) is 24.5 Å². The maximum Gasteiger partial charge on any atom is 0.231 e. The van der Waals surface area contributed by atoms with E-state index in [1.165, 1.54) is 6.42 Å². The number of nitrogens with one attached hydrogen (secondary N) is 1. The third-order valence-electron chi connectivity index (χ3n) is 3.93. The number of fused-ring (bicyclic) bond motifs is 1. The van der Waals surface area contributed by atoms with Crippen LogP contribution in [0.3, 0.4) is 0 Å². The van der Waals surface area contributed by atoms with Gasteiger partial charge in [0.05, 0.1) is 0 Å². The third kappa shape index (κ3) is 2.18. The zero-order chi connectivity index (χ0) is 12.4. The molecule has 4 heteroatoms. The zero-order valence-corrected chi connectivity index (χ0v) is 10.4. The van der Waals surface area contributed by atoms with E-state index in [1.54, 1.807) is 0 Å². The summed E-state index contributed by atoms with van der Waals surface area (Å²) in [6.45, 7) is 1.37. The summed E-state index contributed by atoms with van der Waals surface area (Å²) < 4.78 is 10.8. The van der Waals surface area contributed by atoms with Gasteiger partial charge in [-0.2, -0.15) is 0 Å². The molecule has 0 spiro atoms. The van der Waals surface area contributed by atoms with Gasteiger partial charge < -0.3 is 19.9 Å². The zero-order valence-electron chi connectivity index (χ0n) is 10.4. The Hall–Kier alpha value is -1.26. The first kappa shape index (κ1) is 11.8. The molecule has 1 aromatic rings. The molecule has 0 radical (unpaired) electrons. The molecule has 1 fully saturated rings. The molecule has 1 aliphatic heterocycles. The van der Waals surface area contributed by atoms with Gasteiger partial charge in [0.2, 0.25) is 6.79 Å². The molecule has 1 aliphatic carbocycles. The van der Waals surface area contributed by atoms with Crippen LogP contribution in [0.5, 0.6) is 11.5 Å². The van der Waals surface area contributed by atoms with E-state index in [-0.39, 0.29) is 6.61 Å². The summed E-state index contributed by atoms with van der Waals surface area (Å²) in [5.41, 5.74) is 1.13. The van der Waals surface area contributed by atoms with E-state index in [4.69, 9.17) is 9.47 Å². The van der Waals surface area contributed by atoms with E-state index in [0.29, 0.717) is 18.8 Å². The van der Waals surface area contributed by atoms with E-state index in [0.717, 1.165) is 36.4 Å². The maximum absolute atomic E-state index is 9.30. The lowest BCUT2D eigenvalue weighted by atomic mass is 10.0. The van der Waals surface area contributed by atoms with Gasteiger partial charge in [0, 0.05) is 24.8 Å². The molecule has 0 aromatic heterocycles. The van der Waals surface area contributed by atoms with Crippen LogP contribution >= 0.6 is 0 Å². The van der Waals surface area contributed by atoms with Gasteiger partial charge in [-0.1, -0.05) is 18.6 Å². The van der Waals surface area contributed by atoms with E-state index in [1.807, 2.05) is 12.1 Å². The highest BCUT2D eigenvalue weighted by Gasteiger charge is 2.26. The molecule has 4 nitrogen and oxygen atoms in total. The lowest BCUT2D eigenvalue weighted by Gasteiger charge is -2.19. The SMILES string of the molecule is OCC1CCCC1NCc1cccc2c1OCO2. The van der Waals surface area contributed by atoms with Crippen molar-refractivity contribution in [2.45, 2.75) is 31.8 Å². The quantitative estimate of drug-likeness (QED) is 0.852. The van der Waals surface area contributed by atoms with Crippen molar-refractivity contribution in [3.05, 3.63) is 23.8 Å². The number of benzene rings is 1. The number of hydrogen-bond donors (Lipinski definition) is 2. The molecule has 0 amide bonds. The molecule has 0 saturated heterocycles. The fourth-order valence-corrected chi connectivity index (χ4v) is 2.89. The summed E-state index contributed by atoms with van der Waals surface area (Å²) in [5.74, 6) is 2.10. The minimum atomic E-state index is 0.282. The second-order valence-corrected chi connectivity index (χ2v) is 5.01. The average molecular weight is 249 g/mol. The Bertz CT molecular complexity index is 422. The summed E-state index contributed by atoms with van der Waals surface area (Å²) in [4.78, 5) is 0. The Kier molecular flexibility index (Phi) is 3.39. The highest BCUT2D eigenvalue weighted by atomic mass is 16.7. The van der Waals surface area contributed by atoms with E-state index >= 15 is 0 Å². The largest absolute Gasteiger partial charge is 0.454 e. The van der Waals surface area contributed by atoms with Crippen molar-refractivity contribution in [2.75, 3.05) is 13.4 Å². The third-order valence-corrected chi connectivity index (χ3v) is 3.93. The van der Waals surface area contributed by atoms with Gasteiger partial charge in [0.25, 0.3) is 0 Å². The molecule has 2 aliphatic rings. The van der Waals surface area contributed by atoms with Gasteiger partial charge in [-0.05, 0) is 24.8 Å². The summed E-state index contributed by atoms with van der Waals surface area (Å²) in [6, 6.07) is 6.40. The van der Waals surface area contributed by atoms with Crippen LogP contribution in [0.15, 0.2) is 18.2 Å². The highest BCUT2D eigenvalue weighted by molar-refractivity contribution is 5.48. The van der Waals surface area contributed by atoms with Crippen LogP contribution in [0.2, 0.25) is 0 Å². The number of aliphatic hydroxyl groups excluding tert-OH is 1. The molecule has 2 N–H and O–H groups in total. The fourth-order valence-electron chi connectivity index (χ4n) is 2.89. The Balaban J connectivity index is 1.65. The number of ether oxygens (including phenoxy) is 2. The van der Waals surface area contributed by atoms with Gasteiger partial charge >= 0.3 is 0 Å². The number of aliphatic hydroxyl groups is 1. The molecule has 18 heavy (non-hydrogen) atoms. The lowest BCUT2D eigenvalue weighted by molar-refractivity contribution is 0.173. The number of para-hydroxylation sites is 1. The summed E-state index contributed by atoms with van der Waals surface area (Å²) in [6.07, 6.45) is 3.48. The van der Waals surface area contributed by atoms with Crippen molar-refractivity contribution >= 4 is 0 Å². The van der Waals surface area contributed by atoms with Gasteiger partial charge in [-0.3, -0.25) is 0 Å². The molecule has 98 valence electrons. The molecule has 2 atom stereocenters. The first-order valence-electron chi connectivity index (χ1n) is 6.60. The van der Waals surface area contributed by atoms with Crippen LogP contribution < -0.4 is 14.8 Å². The minimum Gasteiger partial charge on any atom is -0.454 e. The summed E-state index contributed by atoms with van der Waals surface area (Å²) in [7, 11) is 0. The predicted molar refractivity (Wildman–Crippen MR) is 67.6 cm³/mol. The topological polar surface area (TPSA) is 50.7 Å². The Morgan fingerprint density at radius 2 is 2.22 bits per heavy atom. The average Bonchev–Trinajstić information content (AvgIpc) is 3.04. The normalized spacial score (nSPS) is 25.6. The molecule has 1 heterocycles. The summed E-state index contributed by atoms with van der Waals surface area (Å²) >= 11 is 0. The van der Waals surface area contributed by atoms with Crippen LogP contribution in [0.4, 0.5) is 0 Å². The molecule has 1 saturated carbocycles. The van der Waals surface area contributed by atoms with Gasteiger partial charge in [-0.25, -0.2) is 0 Å². The Morgan fingerprint density at radius 1 is 1.28 bits per heavy atom. The Labute approximate surface area is 107 Å². The predicted octanol–water partition coefficient (Wildman–Crippen LogP) is 1.67. The molecule has 0 bridgehead atoms. The highest BCUT2D eigenvalue weighted by Crippen LogP contribution is 2.35. The molecule has 3 rings (SSSR count). The monoisotopic (exact) mass is 249 g/mol. The van der Waals surface area contributed by atoms with E-state index in [2.05, 4.69) is 11.4 Å². The Morgan fingerprint density at radius 3 is 3.11 bits per heavy atom. The van der Waals surface area contributed by atoms with Crippen LogP contribution in [-0.2, 0) is 6.54 Å². The van der Waals surface area contributed by atoms with Gasteiger partial charge in [-0.15, -0.1) is 0 Å². The smallest absolute Gasteiger partial charge is 0.231 e. The second-order valence-electron chi connectivity index (χ2n) is 5.01. The minimum absolute atomic E-state index is 0.282. The van der Waals surface area contributed by atoms with Crippen molar-refractivity contribution < 1.29 is 14.6 Å². The van der Waals surface area contributed by atoms with Crippen LogP contribution in [0.25, 0.3) is 0 Å².